The van der Waals surface area contributed by atoms with Crippen molar-refractivity contribution in [1.29, 1.82) is 0 Å². The lowest BCUT2D eigenvalue weighted by Crippen LogP contribution is -2.37. The third-order valence-electron chi connectivity index (χ3n) is 6.74. The van der Waals surface area contributed by atoms with Gasteiger partial charge in [-0.1, -0.05) is 18.2 Å². The molecule has 0 radical (unpaired) electrons. The van der Waals surface area contributed by atoms with E-state index < -0.39 is 30.3 Å². The molecule has 2 aromatic rings. The van der Waals surface area contributed by atoms with Gasteiger partial charge in [0.05, 0.1) is 33.8 Å². The number of imide groups is 1. The third kappa shape index (κ3) is 3.69. The number of para-hydroxylation sites is 1. The summed E-state index contributed by atoms with van der Waals surface area (Å²) in [7, 11) is 0. The molecule has 1 N–H and O–H groups in total. The lowest BCUT2D eigenvalue weighted by molar-refractivity contribution is -0.123. The first-order chi connectivity index (χ1) is 15.9. The molecule has 2 bridgehead atoms. The van der Waals surface area contributed by atoms with Crippen LogP contribution >= 0.6 is 23.2 Å². The first-order valence-corrected chi connectivity index (χ1v) is 11.5. The minimum atomic E-state index is -0.686. The summed E-state index contributed by atoms with van der Waals surface area (Å²) in [5, 5.41) is 2.00. The molecule has 2 aromatic carbocycles. The van der Waals surface area contributed by atoms with Crippen LogP contribution in [0.25, 0.3) is 0 Å². The van der Waals surface area contributed by atoms with E-state index in [-0.39, 0.29) is 40.0 Å². The predicted octanol–water partition coefficient (Wildman–Crippen LogP) is 3.45. The Morgan fingerprint density at radius 2 is 1.48 bits per heavy atom. The third-order valence-corrected chi connectivity index (χ3v) is 8.06. The number of fused-ring (bicyclic) bond motifs is 5. The summed E-state index contributed by atoms with van der Waals surface area (Å²) in [6.45, 7) is -0.441. The van der Waals surface area contributed by atoms with Crippen molar-refractivity contribution in [3.8, 4) is 0 Å². The van der Waals surface area contributed by atoms with E-state index in [1.807, 2.05) is 6.07 Å². The molecule has 1 saturated heterocycles. The zero-order valence-corrected chi connectivity index (χ0v) is 18.8. The maximum Gasteiger partial charge on any atom is 0.338 e. The Labute approximate surface area is 200 Å². The molecule has 1 heterocycles. The summed E-state index contributed by atoms with van der Waals surface area (Å²) in [6.07, 6.45) is 0.700. The summed E-state index contributed by atoms with van der Waals surface area (Å²) < 4.78 is 5.06. The quantitative estimate of drug-likeness (QED) is 0.396. The number of anilines is 2. The van der Waals surface area contributed by atoms with Crippen LogP contribution in [0.2, 0.25) is 0 Å². The standard InChI is InChI=1S/C24H20Cl2N2O5/c25-20-15-10-16(21(20)26)19-18(15)22(30)28(23(19)31)14-8-6-12(7-9-14)24(32)33-11-17(29)27-13-4-2-1-3-5-13/h1-9,15-16,18-21H,10-11H2,(H,27,29)/t15-,16-,18-,19-,20-,21+/m1/s1. The van der Waals surface area contributed by atoms with Crippen molar-refractivity contribution in [2.45, 2.75) is 17.2 Å². The van der Waals surface area contributed by atoms with Crippen LogP contribution in [0.1, 0.15) is 16.8 Å². The van der Waals surface area contributed by atoms with Gasteiger partial charge in [-0.05, 0) is 54.7 Å². The molecule has 0 spiro atoms. The molecule has 3 fully saturated rings. The van der Waals surface area contributed by atoms with Crippen LogP contribution in [0, 0.1) is 23.7 Å². The van der Waals surface area contributed by atoms with Crippen molar-refractivity contribution in [2.75, 3.05) is 16.8 Å². The number of rotatable bonds is 5. The molecule has 170 valence electrons. The van der Waals surface area contributed by atoms with Crippen molar-refractivity contribution in [2.24, 2.45) is 23.7 Å². The number of hydrogen-bond acceptors (Lipinski definition) is 5. The minimum absolute atomic E-state index is 0.0955. The molecule has 7 nitrogen and oxygen atoms in total. The molecular weight excluding hydrogens is 467 g/mol. The van der Waals surface area contributed by atoms with Crippen LogP contribution in [0.4, 0.5) is 11.4 Å². The van der Waals surface area contributed by atoms with Crippen molar-refractivity contribution >= 4 is 58.3 Å². The van der Waals surface area contributed by atoms with Crippen LogP contribution in [0.15, 0.2) is 54.6 Å². The van der Waals surface area contributed by atoms with E-state index in [4.69, 9.17) is 27.9 Å². The van der Waals surface area contributed by atoms with Crippen LogP contribution < -0.4 is 10.2 Å². The molecule has 6 atom stereocenters. The number of nitrogens with zero attached hydrogens (tertiary/aromatic N) is 1. The van der Waals surface area contributed by atoms with Gasteiger partial charge in [-0.2, -0.15) is 0 Å². The predicted molar refractivity (Wildman–Crippen MR) is 122 cm³/mol. The number of carbonyl (C=O) groups is 4. The smallest absolute Gasteiger partial charge is 0.338 e. The Balaban J connectivity index is 1.23. The van der Waals surface area contributed by atoms with Crippen molar-refractivity contribution in [3.05, 3.63) is 60.2 Å². The van der Waals surface area contributed by atoms with E-state index in [1.54, 1.807) is 24.3 Å². The van der Waals surface area contributed by atoms with Gasteiger partial charge in [0.25, 0.3) is 5.91 Å². The van der Waals surface area contributed by atoms with Crippen molar-refractivity contribution < 1.29 is 23.9 Å². The fourth-order valence-corrected chi connectivity index (χ4v) is 6.18. The molecule has 2 saturated carbocycles. The molecule has 5 rings (SSSR count). The fourth-order valence-electron chi connectivity index (χ4n) is 5.28. The van der Waals surface area contributed by atoms with Crippen LogP contribution in [-0.4, -0.2) is 41.1 Å². The number of benzene rings is 2. The lowest BCUT2D eigenvalue weighted by atomic mass is 9.80. The topological polar surface area (TPSA) is 92.8 Å². The summed E-state index contributed by atoms with van der Waals surface area (Å²) in [4.78, 5) is 51.6. The van der Waals surface area contributed by atoms with E-state index in [9.17, 15) is 19.2 Å². The van der Waals surface area contributed by atoms with Gasteiger partial charge in [0.2, 0.25) is 11.8 Å². The highest BCUT2D eigenvalue weighted by atomic mass is 35.5. The summed E-state index contributed by atoms with van der Waals surface area (Å²) >= 11 is 12.8. The molecule has 0 aromatic heterocycles. The van der Waals surface area contributed by atoms with E-state index in [1.165, 1.54) is 29.2 Å². The van der Waals surface area contributed by atoms with Gasteiger partial charge in [0.1, 0.15) is 0 Å². The molecule has 3 amide bonds. The molecular formula is C24H20Cl2N2O5. The highest BCUT2D eigenvalue weighted by Crippen LogP contribution is 2.59. The van der Waals surface area contributed by atoms with Crippen LogP contribution in [0.3, 0.4) is 0 Å². The maximum absolute atomic E-state index is 13.1. The normalized spacial score (nSPS) is 29.8. The van der Waals surface area contributed by atoms with Gasteiger partial charge < -0.3 is 10.1 Å². The Morgan fingerprint density at radius 3 is 2.06 bits per heavy atom. The van der Waals surface area contributed by atoms with Gasteiger partial charge in [0.15, 0.2) is 6.61 Å². The molecule has 2 aliphatic carbocycles. The summed E-state index contributed by atoms with van der Waals surface area (Å²) in [5.41, 5.74) is 1.18. The lowest BCUT2D eigenvalue weighted by Gasteiger charge is -2.28. The van der Waals surface area contributed by atoms with E-state index >= 15 is 0 Å². The fraction of sp³-hybridized carbons (Fsp3) is 0.333. The first kappa shape index (κ1) is 21.9. The van der Waals surface area contributed by atoms with Crippen LogP contribution in [0.5, 0.6) is 0 Å². The molecule has 33 heavy (non-hydrogen) atoms. The highest BCUT2D eigenvalue weighted by Gasteiger charge is 2.66. The van der Waals surface area contributed by atoms with Gasteiger partial charge in [-0.25, -0.2) is 4.79 Å². The number of amides is 3. The monoisotopic (exact) mass is 486 g/mol. The zero-order chi connectivity index (χ0) is 23.3. The van der Waals surface area contributed by atoms with Crippen molar-refractivity contribution in [1.82, 2.24) is 0 Å². The average molecular weight is 487 g/mol. The van der Waals surface area contributed by atoms with E-state index in [0.29, 0.717) is 17.8 Å². The average Bonchev–Trinajstić information content (AvgIpc) is 3.43. The second-order valence-electron chi connectivity index (χ2n) is 8.55. The maximum atomic E-state index is 13.1. The van der Waals surface area contributed by atoms with Gasteiger partial charge >= 0.3 is 5.97 Å². The number of alkyl halides is 2. The summed E-state index contributed by atoms with van der Waals surface area (Å²) in [6, 6.07) is 14.8. The Bertz CT molecular complexity index is 1090. The van der Waals surface area contributed by atoms with Gasteiger partial charge in [-0.3, -0.25) is 19.3 Å². The second kappa shape index (κ2) is 8.47. The molecule has 0 unspecified atom stereocenters. The minimum Gasteiger partial charge on any atom is -0.452 e. The number of nitrogens with one attached hydrogen (secondary N) is 1. The van der Waals surface area contributed by atoms with E-state index in [2.05, 4.69) is 5.32 Å². The molecule has 9 heteroatoms. The number of carbonyl (C=O) groups excluding carboxylic acids is 4. The van der Waals surface area contributed by atoms with Gasteiger partial charge in [-0.15, -0.1) is 23.2 Å². The molecule has 3 aliphatic rings. The summed E-state index contributed by atoms with van der Waals surface area (Å²) in [5.74, 6) is -2.74. The Hall–Kier alpha value is -2.90. The number of hydrogen-bond donors (Lipinski definition) is 1. The number of ether oxygens (including phenoxy) is 1. The SMILES string of the molecule is O=C(COC(=O)c1ccc(N2C(=O)[C@@H]3[C@H]4C[C@@H]([C@@H](Cl)[C@H]4Cl)[C@H]3C2=O)cc1)Nc1ccccc1. The second-order valence-corrected chi connectivity index (χ2v) is 9.56. The molecule has 1 aliphatic heterocycles. The number of esters is 1. The van der Waals surface area contributed by atoms with Gasteiger partial charge in [0, 0.05) is 5.69 Å². The Morgan fingerprint density at radius 1 is 0.909 bits per heavy atom. The van der Waals surface area contributed by atoms with Crippen LogP contribution in [-0.2, 0) is 19.1 Å². The Kier molecular flexibility index (Phi) is 5.62. The van der Waals surface area contributed by atoms with Crippen molar-refractivity contribution in [3.63, 3.8) is 0 Å². The zero-order valence-electron chi connectivity index (χ0n) is 17.3. The highest BCUT2D eigenvalue weighted by molar-refractivity contribution is 6.32. The largest absolute Gasteiger partial charge is 0.452 e. The number of halogens is 2. The van der Waals surface area contributed by atoms with E-state index in [0.717, 1.165) is 0 Å². The first-order valence-electron chi connectivity index (χ1n) is 10.6.